The molecule has 0 spiro atoms. The summed E-state index contributed by atoms with van der Waals surface area (Å²) in [4.78, 5) is 5.01. The van der Waals surface area contributed by atoms with Crippen LogP contribution in [0.3, 0.4) is 0 Å². The van der Waals surface area contributed by atoms with E-state index in [1.54, 1.807) is 21.1 Å². The van der Waals surface area contributed by atoms with Gasteiger partial charge in [-0.1, -0.05) is 18.2 Å². The van der Waals surface area contributed by atoms with Crippen LogP contribution < -0.4 is 20.1 Å². The van der Waals surface area contributed by atoms with Crippen molar-refractivity contribution in [3.63, 3.8) is 0 Å². The molecule has 0 fully saturated rings. The van der Waals surface area contributed by atoms with Gasteiger partial charge in [0.1, 0.15) is 11.5 Å². The van der Waals surface area contributed by atoms with Gasteiger partial charge in [-0.2, -0.15) is 0 Å². The summed E-state index contributed by atoms with van der Waals surface area (Å²) in [5.74, 6) is 5.61. The molecular formula is C19H25N4O4S+. The molecule has 28 heavy (non-hydrogen) atoms. The number of hydrogen-bond donors (Lipinski definition) is 2. The van der Waals surface area contributed by atoms with E-state index in [4.69, 9.17) is 13.9 Å². The first-order valence-corrected chi connectivity index (χ1v) is 9.22. The van der Waals surface area contributed by atoms with Gasteiger partial charge in [0.15, 0.2) is 0 Å². The molecule has 9 heteroatoms. The number of rotatable bonds is 7. The standard InChI is InChI=1S/C18H19N3O3S.CH6NO/c1-12-20-21-18(24-12)15-6-4-5-7-17(15)25-19-11-13-8-9-14(22-2)10-16(13)23-3;1-3-2/h4-10,19H,11H2,1-3H3;1-2H3/q;+1. The van der Waals surface area contributed by atoms with Gasteiger partial charge in [0, 0.05) is 30.0 Å². The Morgan fingerprint density at radius 1 is 1.07 bits per heavy atom. The summed E-state index contributed by atoms with van der Waals surface area (Å²) >= 11 is 1.51. The summed E-state index contributed by atoms with van der Waals surface area (Å²) in [6, 6.07) is 13.7. The lowest BCUT2D eigenvalue weighted by Crippen LogP contribution is -2.46. The van der Waals surface area contributed by atoms with Gasteiger partial charge in [0.05, 0.1) is 26.9 Å². The molecular weight excluding hydrogens is 380 g/mol. The minimum atomic E-state index is 0.518. The topological polar surface area (TPSA) is 106 Å². The lowest BCUT2D eigenvalue weighted by Gasteiger charge is -2.11. The maximum absolute atomic E-state index is 5.54. The van der Waals surface area contributed by atoms with Crippen molar-refractivity contribution in [2.75, 3.05) is 21.3 Å². The molecule has 0 amide bonds. The number of aryl methyl sites for hydroxylation is 1. The minimum Gasteiger partial charge on any atom is -0.497 e. The molecule has 150 valence electrons. The summed E-state index contributed by atoms with van der Waals surface area (Å²) < 4.78 is 19.5. The van der Waals surface area contributed by atoms with Gasteiger partial charge in [0.2, 0.25) is 11.8 Å². The van der Waals surface area contributed by atoms with Gasteiger partial charge in [-0.25, -0.2) is 10.7 Å². The van der Waals surface area contributed by atoms with Crippen LogP contribution in [0.25, 0.3) is 11.5 Å². The molecule has 0 saturated heterocycles. The fourth-order valence-electron chi connectivity index (χ4n) is 2.33. The van der Waals surface area contributed by atoms with E-state index in [9.17, 15) is 0 Å². The predicted molar refractivity (Wildman–Crippen MR) is 107 cm³/mol. The quantitative estimate of drug-likeness (QED) is 0.456. The molecule has 0 saturated carbocycles. The van der Waals surface area contributed by atoms with Crippen molar-refractivity contribution in [2.24, 2.45) is 0 Å². The first kappa shape index (κ1) is 21.7. The highest BCUT2D eigenvalue weighted by molar-refractivity contribution is 7.97. The van der Waals surface area contributed by atoms with E-state index in [0.29, 0.717) is 18.3 Å². The zero-order valence-electron chi connectivity index (χ0n) is 16.4. The summed E-state index contributed by atoms with van der Waals surface area (Å²) in [5, 5.41) is 7.99. The van der Waals surface area contributed by atoms with Gasteiger partial charge < -0.3 is 13.9 Å². The van der Waals surface area contributed by atoms with Crippen molar-refractivity contribution in [1.29, 1.82) is 0 Å². The Morgan fingerprint density at radius 2 is 1.82 bits per heavy atom. The van der Waals surface area contributed by atoms with E-state index in [1.807, 2.05) is 42.5 Å². The molecule has 8 nitrogen and oxygen atoms in total. The molecule has 0 aliphatic heterocycles. The van der Waals surface area contributed by atoms with E-state index >= 15 is 0 Å². The SMILES string of the molecule is CO[NH3+].COc1ccc(CNSc2ccccc2-c2nnc(C)o2)c(OC)c1. The molecule has 0 unspecified atom stereocenters. The maximum Gasteiger partial charge on any atom is 0.248 e. The molecule has 2 aromatic carbocycles. The number of hydrogen-bond acceptors (Lipinski definition) is 8. The summed E-state index contributed by atoms with van der Waals surface area (Å²) in [6.07, 6.45) is 0. The van der Waals surface area contributed by atoms with E-state index in [2.05, 4.69) is 25.7 Å². The Labute approximate surface area is 168 Å². The van der Waals surface area contributed by atoms with Crippen molar-refractivity contribution in [2.45, 2.75) is 18.4 Å². The molecule has 0 aliphatic carbocycles. The Kier molecular flexibility index (Phi) is 8.76. The van der Waals surface area contributed by atoms with Crippen molar-refractivity contribution in [3.8, 4) is 23.0 Å². The van der Waals surface area contributed by atoms with E-state index in [-0.39, 0.29) is 0 Å². The van der Waals surface area contributed by atoms with Gasteiger partial charge in [0.25, 0.3) is 0 Å². The third-order valence-corrected chi connectivity index (χ3v) is 4.45. The van der Waals surface area contributed by atoms with Crippen LogP contribution in [0.5, 0.6) is 11.5 Å². The Morgan fingerprint density at radius 3 is 2.46 bits per heavy atom. The Hall–Kier alpha value is -2.59. The lowest BCUT2D eigenvalue weighted by atomic mass is 10.2. The Bertz CT molecular complexity index is 873. The van der Waals surface area contributed by atoms with Gasteiger partial charge in [-0.15, -0.1) is 10.2 Å². The van der Waals surface area contributed by atoms with Crippen molar-refractivity contribution in [1.82, 2.24) is 14.9 Å². The largest absolute Gasteiger partial charge is 0.497 e. The zero-order valence-corrected chi connectivity index (χ0v) is 17.2. The highest BCUT2D eigenvalue weighted by atomic mass is 32.2. The summed E-state index contributed by atoms with van der Waals surface area (Å²) in [7, 11) is 4.80. The van der Waals surface area contributed by atoms with Crippen LogP contribution >= 0.6 is 11.9 Å². The fraction of sp³-hybridized carbons (Fsp3) is 0.263. The van der Waals surface area contributed by atoms with Crippen LogP contribution in [0, 0.1) is 6.92 Å². The normalized spacial score (nSPS) is 10.2. The van der Waals surface area contributed by atoms with Crippen LogP contribution in [0.2, 0.25) is 0 Å². The highest BCUT2D eigenvalue weighted by Crippen LogP contribution is 2.30. The molecule has 4 N–H and O–H groups in total. The molecule has 0 bridgehead atoms. The minimum absolute atomic E-state index is 0.518. The van der Waals surface area contributed by atoms with Crippen molar-refractivity contribution < 1.29 is 24.6 Å². The lowest BCUT2D eigenvalue weighted by molar-refractivity contribution is -0.679. The van der Waals surface area contributed by atoms with Gasteiger partial charge in [-0.3, -0.25) is 4.72 Å². The number of nitrogens with zero attached hydrogens (tertiary/aromatic N) is 2. The van der Waals surface area contributed by atoms with Crippen molar-refractivity contribution >= 4 is 11.9 Å². The van der Waals surface area contributed by atoms with Gasteiger partial charge in [-0.05, 0) is 30.1 Å². The number of methoxy groups -OCH3 is 2. The zero-order chi connectivity index (χ0) is 20.4. The average Bonchev–Trinajstić information content (AvgIpc) is 3.15. The number of benzene rings is 2. The van der Waals surface area contributed by atoms with Crippen molar-refractivity contribution in [3.05, 3.63) is 53.9 Å². The smallest absolute Gasteiger partial charge is 0.248 e. The predicted octanol–water partition coefficient (Wildman–Crippen LogP) is 2.65. The van der Waals surface area contributed by atoms with E-state index in [1.165, 1.54) is 19.1 Å². The molecule has 0 atom stereocenters. The van der Waals surface area contributed by atoms with Crippen LogP contribution in [0.1, 0.15) is 11.5 Å². The van der Waals surface area contributed by atoms with Crippen LogP contribution in [0.4, 0.5) is 0 Å². The van der Waals surface area contributed by atoms with Crippen LogP contribution in [-0.2, 0) is 11.4 Å². The molecule has 3 aromatic rings. The average molecular weight is 406 g/mol. The van der Waals surface area contributed by atoms with E-state index in [0.717, 1.165) is 27.5 Å². The first-order valence-electron chi connectivity index (χ1n) is 8.41. The number of quaternary nitrogens is 1. The second-order valence-electron chi connectivity index (χ2n) is 5.51. The number of aromatic nitrogens is 2. The molecule has 0 radical (unpaired) electrons. The molecule has 1 aromatic heterocycles. The maximum atomic E-state index is 5.54. The molecule has 1 heterocycles. The third-order valence-electron chi connectivity index (χ3n) is 3.58. The number of ether oxygens (including phenoxy) is 2. The first-order chi connectivity index (χ1) is 13.6. The second-order valence-corrected chi connectivity index (χ2v) is 6.44. The Balaban J connectivity index is 0.000000878. The summed E-state index contributed by atoms with van der Waals surface area (Å²) in [6.45, 7) is 2.41. The number of nitrogens with one attached hydrogen (secondary N) is 1. The highest BCUT2D eigenvalue weighted by Gasteiger charge is 2.12. The monoisotopic (exact) mass is 405 g/mol. The van der Waals surface area contributed by atoms with Crippen LogP contribution in [0.15, 0.2) is 51.8 Å². The second kappa shape index (κ2) is 11.3. The summed E-state index contributed by atoms with van der Waals surface area (Å²) in [5.41, 5.74) is 1.95. The van der Waals surface area contributed by atoms with Gasteiger partial charge >= 0.3 is 0 Å². The third kappa shape index (κ3) is 5.96. The molecule has 0 aliphatic rings. The van der Waals surface area contributed by atoms with E-state index < -0.39 is 0 Å². The fourth-order valence-corrected chi connectivity index (χ4v) is 3.12. The van der Waals surface area contributed by atoms with Crippen LogP contribution in [-0.4, -0.2) is 31.5 Å². The molecule has 3 rings (SSSR count).